The van der Waals surface area contributed by atoms with Crippen molar-refractivity contribution in [1.29, 1.82) is 0 Å². The third-order valence-electron chi connectivity index (χ3n) is 5.01. The van der Waals surface area contributed by atoms with Crippen LogP contribution >= 0.6 is 0 Å². The second-order valence-electron chi connectivity index (χ2n) is 7.46. The van der Waals surface area contributed by atoms with Crippen molar-refractivity contribution in [3.8, 4) is 0 Å². The average molecular weight is 438 g/mol. The highest BCUT2D eigenvalue weighted by Gasteiger charge is 2.36. The van der Waals surface area contributed by atoms with Gasteiger partial charge in [-0.15, -0.1) is 0 Å². The van der Waals surface area contributed by atoms with Crippen LogP contribution in [0.1, 0.15) is 36.5 Å². The summed E-state index contributed by atoms with van der Waals surface area (Å²) in [7, 11) is 0. The van der Waals surface area contributed by atoms with Crippen LogP contribution in [-0.4, -0.2) is 43.5 Å². The Morgan fingerprint density at radius 3 is 2.44 bits per heavy atom. The summed E-state index contributed by atoms with van der Waals surface area (Å²) < 4.78 is 10.3. The van der Waals surface area contributed by atoms with Crippen molar-refractivity contribution in [2.24, 2.45) is 5.92 Å². The lowest BCUT2D eigenvalue weighted by atomic mass is 10.1. The number of unbranched alkanes of at least 4 members (excludes halogenated alkanes) is 1. The summed E-state index contributed by atoms with van der Waals surface area (Å²) in [6, 6.07) is 15.3. The van der Waals surface area contributed by atoms with Crippen LogP contribution in [0.5, 0.6) is 0 Å². The highest BCUT2D eigenvalue weighted by molar-refractivity contribution is 6.00. The van der Waals surface area contributed by atoms with Crippen molar-refractivity contribution in [3.63, 3.8) is 0 Å². The van der Waals surface area contributed by atoms with Gasteiger partial charge in [-0.25, -0.2) is 4.79 Å². The number of esters is 2. The van der Waals surface area contributed by atoms with Crippen molar-refractivity contribution < 1.29 is 28.7 Å². The maximum atomic E-state index is 12.4. The Hall–Kier alpha value is -3.68. The maximum Gasteiger partial charge on any atom is 0.338 e. The van der Waals surface area contributed by atoms with Crippen LogP contribution in [0.25, 0.3) is 0 Å². The molecule has 0 radical (unpaired) electrons. The van der Waals surface area contributed by atoms with Gasteiger partial charge in [-0.05, 0) is 42.8 Å². The lowest BCUT2D eigenvalue weighted by Crippen LogP contribution is -2.28. The Morgan fingerprint density at radius 1 is 1.03 bits per heavy atom. The average Bonchev–Trinajstić information content (AvgIpc) is 3.20. The van der Waals surface area contributed by atoms with Gasteiger partial charge in [-0.2, -0.15) is 0 Å². The zero-order valence-electron chi connectivity index (χ0n) is 17.9. The minimum atomic E-state index is -0.661. The van der Waals surface area contributed by atoms with Crippen molar-refractivity contribution >= 4 is 35.1 Å². The first-order valence-corrected chi connectivity index (χ1v) is 10.6. The van der Waals surface area contributed by atoms with Crippen LogP contribution < -0.4 is 10.2 Å². The molecule has 0 bridgehead atoms. The molecule has 1 N–H and O–H groups in total. The molecule has 2 aromatic rings. The molecule has 0 aromatic heterocycles. The third-order valence-corrected chi connectivity index (χ3v) is 5.01. The number of amides is 2. The van der Waals surface area contributed by atoms with E-state index in [4.69, 9.17) is 9.47 Å². The summed E-state index contributed by atoms with van der Waals surface area (Å²) in [5, 5.41) is 2.63. The summed E-state index contributed by atoms with van der Waals surface area (Å²) in [5.41, 5.74) is 1.59. The van der Waals surface area contributed by atoms with Crippen LogP contribution in [0, 0.1) is 5.92 Å². The first kappa shape index (κ1) is 23.0. The van der Waals surface area contributed by atoms with Crippen LogP contribution in [-0.2, 0) is 23.9 Å². The van der Waals surface area contributed by atoms with Crippen LogP contribution in [0.4, 0.5) is 11.4 Å². The molecule has 8 heteroatoms. The Morgan fingerprint density at radius 2 is 1.75 bits per heavy atom. The van der Waals surface area contributed by atoms with E-state index >= 15 is 0 Å². The molecule has 1 fully saturated rings. The fourth-order valence-electron chi connectivity index (χ4n) is 3.26. The van der Waals surface area contributed by atoms with Crippen molar-refractivity contribution in [3.05, 3.63) is 60.2 Å². The van der Waals surface area contributed by atoms with Gasteiger partial charge in [0.25, 0.3) is 5.91 Å². The topological polar surface area (TPSA) is 102 Å². The maximum absolute atomic E-state index is 12.4. The molecule has 1 atom stereocenters. The Labute approximate surface area is 186 Å². The van der Waals surface area contributed by atoms with Gasteiger partial charge in [0.05, 0.1) is 18.1 Å². The molecule has 2 amide bonds. The number of ether oxygens (including phenoxy) is 2. The minimum absolute atomic E-state index is 0.0000511. The van der Waals surface area contributed by atoms with Gasteiger partial charge < -0.3 is 19.7 Å². The molecule has 1 saturated heterocycles. The van der Waals surface area contributed by atoms with E-state index in [1.807, 2.05) is 13.0 Å². The third kappa shape index (κ3) is 6.16. The molecule has 1 aliphatic heterocycles. The van der Waals surface area contributed by atoms with Gasteiger partial charge in [-0.3, -0.25) is 14.4 Å². The summed E-state index contributed by atoms with van der Waals surface area (Å²) in [6.45, 7) is 2.11. The van der Waals surface area contributed by atoms with E-state index in [0.29, 0.717) is 23.5 Å². The quantitative estimate of drug-likeness (QED) is 0.477. The molecule has 1 heterocycles. The van der Waals surface area contributed by atoms with Gasteiger partial charge in [0.2, 0.25) is 5.91 Å². The fourth-order valence-corrected chi connectivity index (χ4v) is 3.26. The van der Waals surface area contributed by atoms with E-state index in [1.165, 1.54) is 4.90 Å². The first-order chi connectivity index (χ1) is 15.5. The number of nitrogens with zero attached hydrogens (tertiary/aromatic N) is 1. The molecular weight excluding hydrogens is 412 g/mol. The van der Waals surface area contributed by atoms with Crippen LogP contribution in [0.2, 0.25) is 0 Å². The lowest BCUT2D eigenvalue weighted by molar-refractivity contribution is -0.151. The van der Waals surface area contributed by atoms with E-state index in [2.05, 4.69) is 5.32 Å². The molecule has 0 saturated carbocycles. The van der Waals surface area contributed by atoms with Crippen molar-refractivity contribution in [2.45, 2.75) is 26.2 Å². The molecule has 0 aliphatic carbocycles. The normalized spacial score (nSPS) is 15.3. The lowest BCUT2D eigenvalue weighted by Gasteiger charge is -2.17. The van der Waals surface area contributed by atoms with Gasteiger partial charge >= 0.3 is 11.9 Å². The molecule has 32 heavy (non-hydrogen) atoms. The number of nitrogens with one attached hydrogen (secondary N) is 1. The molecule has 1 aliphatic rings. The first-order valence-electron chi connectivity index (χ1n) is 10.6. The van der Waals surface area contributed by atoms with E-state index in [-0.39, 0.29) is 18.9 Å². The number of rotatable bonds is 9. The molecule has 0 spiro atoms. The molecule has 2 aromatic carbocycles. The number of anilines is 2. The van der Waals surface area contributed by atoms with Gasteiger partial charge in [-0.1, -0.05) is 31.5 Å². The molecule has 168 valence electrons. The number of hydrogen-bond donors (Lipinski definition) is 1. The summed E-state index contributed by atoms with van der Waals surface area (Å²) in [5.74, 6) is -2.34. The monoisotopic (exact) mass is 438 g/mol. The highest BCUT2D eigenvalue weighted by atomic mass is 16.5. The fraction of sp³-hybridized carbons (Fsp3) is 0.333. The Kier molecular flexibility index (Phi) is 7.96. The molecule has 3 rings (SSSR count). The predicted octanol–water partition coefficient (Wildman–Crippen LogP) is 3.18. The summed E-state index contributed by atoms with van der Waals surface area (Å²) in [4.78, 5) is 50.2. The molecule has 0 unspecified atom stereocenters. The largest absolute Gasteiger partial charge is 0.462 e. The van der Waals surface area contributed by atoms with E-state index < -0.39 is 30.4 Å². The zero-order chi connectivity index (χ0) is 22.9. The van der Waals surface area contributed by atoms with E-state index in [9.17, 15) is 19.2 Å². The summed E-state index contributed by atoms with van der Waals surface area (Å²) in [6.07, 6.45) is 1.74. The Bertz CT molecular complexity index is 958. The molecular formula is C24H26N2O6. The minimum Gasteiger partial charge on any atom is -0.462 e. The highest BCUT2D eigenvalue weighted by Crippen LogP contribution is 2.26. The van der Waals surface area contributed by atoms with E-state index in [1.54, 1.807) is 48.5 Å². The molecule has 8 nitrogen and oxygen atoms in total. The van der Waals surface area contributed by atoms with Gasteiger partial charge in [0.1, 0.15) is 0 Å². The zero-order valence-corrected chi connectivity index (χ0v) is 17.9. The Balaban J connectivity index is 1.50. The standard InChI is InChI=1S/C24H26N2O6/c1-2-3-13-31-23(29)17-9-11-20(12-10-17)26-15-18(14-22(26)28)24(30)32-16-21(27)25-19-7-5-4-6-8-19/h4-12,18H,2-3,13-16H2,1H3,(H,25,27)/t18-/m0/s1. The SMILES string of the molecule is CCCCOC(=O)c1ccc(N2C[C@@H](C(=O)OCC(=O)Nc3ccccc3)CC2=O)cc1. The number of carbonyl (C=O) groups is 4. The van der Waals surface area contributed by atoms with Gasteiger partial charge in [0, 0.05) is 24.3 Å². The number of carbonyl (C=O) groups excluding carboxylic acids is 4. The van der Waals surface area contributed by atoms with Crippen molar-refractivity contribution in [2.75, 3.05) is 30.0 Å². The van der Waals surface area contributed by atoms with Crippen LogP contribution in [0.15, 0.2) is 54.6 Å². The predicted molar refractivity (Wildman–Crippen MR) is 118 cm³/mol. The number of para-hydroxylation sites is 1. The van der Waals surface area contributed by atoms with Crippen molar-refractivity contribution in [1.82, 2.24) is 0 Å². The summed E-state index contributed by atoms with van der Waals surface area (Å²) >= 11 is 0. The smallest absolute Gasteiger partial charge is 0.338 e. The van der Waals surface area contributed by atoms with E-state index in [0.717, 1.165) is 12.8 Å². The van der Waals surface area contributed by atoms with Crippen LogP contribution in [0.3, 0.4) is 0 Å². The second kappa shape index (κ2) is 11.1. The van der Waals surface area contributed by atoms with Gasteiger partial charge in [0.15, 0.2) is 6.61 Å². The number of benzene rings is 2. The second-order valence-corrected chi connectivity index (χ2v) is 7.46. The number of hydrogen-bond acceptors (Lipinski definition) is 6.